The standard InChI is InChI=1S/C12H23NO/c1-10-6-4-3-5-7-11(9-8-10)12(14)13-2/h10-11H,3-9H2,1-2H3,(H,13,14)/t10-,11?/m1/s1. The van der Waals surface area contributed by atoms with Crippen molar-refractivity contribution in [2.45, 2.75) is 51.9 Å². The van der Waals surface area contributed by atoms with E-state index in [1.165, 1.54) is 32.1 Å². The van der Waals surface area contributed by atoms with Crippen molar-refractivity contribution in [3.8, 4) is 0 Å². The van der Waals surface area contributed by atoms with E-state index < -0.39 is 0 Å². The van der Waals surface area contributed by atoms with Crippen LogP contribution in [0.5, 0.6) is 0 Å². The van der Waals surface area contributed by atoms with Crippen LogP contribution < -0.4 is 5.32 Å². The Morgan fingerprint density at radius 3 is 2.50 bits per heavy atom. The summed E-state index contributed by atoms with van der Waals surface area (Å²) in [7, 11) is 1.75. The third kappa shape index (κ3) is 3.69. The van der Waals surface area contributed by atoms with Crippen LogP contribution in [0.3, 0.4) is 0 Å². The molecule has 1 fully saturated rings. The van der Waals surface area contributed by atoms with Crippen molar-refractivity contribution in [2.24, 2.45) is 11.8 Å². The van der Waals surface area contributed by atoms with Gasteiger partial charge < -0.3 is 5.32 Å². The van der Waals surface area contributed by atoms with Gasteiger partial charge in [0.2, 0.25) is 5.91 Å². The zero-order valence-corrected chi connectivity index (χ0v) is 9.51. The Bertz CT molecular complexity index is 179. The highest BCUT2D eigenvalue weighted by Gasteiger charge is 2.19. The average Bonchev–Trinajstić information content (AvgIpc) is 2.29. The second-order valence-corrected chi connectivity index (χ2v) is 4.63. The topological polar surface area (TPSA) is 29.1 Å². The quantitative estimate of drug-likeness (QED) is 0.688. The van der Waals surface area contributed by atoms with Gasteiger partial charge in [-0.2, -0.15) is 0 Å². The Morgan fingerprint density at radius 1 is 1.07 bits per heavy atom. The molecule has 82 valence electrons. The first-order chi connectivity index (χ1) is 6.74. The number of hydrogen-bond donors (Lipinski definition) is 1. The lowest BCUT2D eigenvalue weighted by Crippen LogP contribution is -2.27. The Hall–Kier alpha value is -0.530. The first-order valence-electron chi connectivity index (χ1n) is 5.95. The molecule has 2 nitrogen and oxygen atoms in total. The van der Waals surface area contributed by atoms with E-state index in [0.717, 1.165) is 18.8 Å². The molecular weight excluding hydrogens is 174 g/mol. The number of amides is 1. The van der Waals surface area contributed by atoms with Gasteiger partial charge in [0.1, 0.15) is 0 Å². The van der Waals surface area contributed by atoms with Crippen LogP contribution in [0.25, 0.3) is 0 Å². The number of carbonyl (C=O) groups excluding carboxylic acids is 1. The van der Waals surface area contributed by atoms with Crippen LogP contribution in [-0.2, 0) is 4.79 Å². The minimum atomic E-state index is 0.249. The molecule has 1 N–H and O–H groups in total. The van der Waals surface area contributed by atoms with Gasteiger partial charge in [0.05, 0.1) is 0 Å². The van der Waals surface area contributed by atoms with Crippen LogP contribution in [0.15, 0.2) is 0 Å². The lowest BCUT2D eigenvalue weighted by molar-refractivity contribution is -0.125. The van der Waals surface area contributed by atoms with E-state index in [2.05, 4.69) is 12.2 Å². The van der Waals surface area contributed by atoms with Gasteiger partial charge in [-0.25, -0.2) is 0 Å². The lowest BCUT2D eigenvalue weighted by atomic mass is 9.93. The highest BCUT2D eigenvalue weighted by Crippen LogP contribution is 2.25. The summed E-state index contributed by atoms with van der Waals surface area (Å²) in [5, 5.41) is 2.78. The largest absolute Gasteiger partial charge is 0.359 e. The van der Waals surface area contributed by atoms with Crippen molar-refractivity contribution in [1.82, 2.24) is 5.32 Å². The zero-order valence-electron chi connectivity index (χ0n) is 9.51. The second-order valence-electron chi connectivity index (χ2n) is 4.63. The van der Waals surface area contributed by atoms with E-state index in [1.807, 2.05) is 0 Å². The number of nitrogens with one attached hydrogen (secondary N) is 1. The Balaban J connectivity index is 2.44. The maximum atomic E-state index is 11.5. The van der Waals surface area contributed by atoms with Crippen molar-refractivity contribution in [3.63, 3.8) is 0 Å². The van der Waals surface area contributed by atoms with E-state index in [0.29, 0.717) is 0 Å². The van der Waals surface area contributed by atoms with Gasteiger partial charge in [-0.1, -0.05) is 32.6 Å². The van der Waals surface area contributed by atoms with Crippen molar-refractivity contribution in [3.05, 3.63) is 0 Å². The fraction of sp³-hybridized carbons (Fsp3) is 0.917. The molecule has 2 heteroatoms. The molecule has 0 aromatic carbocycles. The summed E-state index contributed by atoms with van der Waals surface area (Å²) in [5.41, 5.74) is 0. The second kappa shape index (κ2) is 6.05. The van der Waals surface area contributed by atoms with Gasteiger partial charge in [0, 0.05) is 13.0 Å². The SMILES string of the molecule is CNC(=O)C1CCCCC[C@@H](C)CC1. The van der Waals surface area contributed by atoms with Crippen molar-refractivity contribution >= 4 is 5.91 Å². The fourth-order valence-electron chi connectivity index (χ4n) is 2.30. The van der Waals surface area contributed by atoms with Crippen molar-refractivity contribution in [2.75, 3.05) is 7.05 Å². The number of carbonyl (C=O) groups is 1. The van der Waals surface area contributed by atoms with Gasteiger partial charge in [-0.3, -0.25) is 4.79 Å². The molecule has 1 amide bonds. The molecule has 1 aliphatic carbocycles. The Morgan fingerprint density at radius 2 is 1.79 bits per heavy atom. The predicted octanol–water partition coefficient (Wildman–Crippen LogP) is 2.73. The molecule has 1 rings (SSSR count). The summed E-state index contributed by atoms with van der Waals surface area (Å²) in [6.45, 7) is 2.31. The maximum absolute atomic E-state index is 11.5. The van der Waals surface area contributed by atoms with E-state index in [-0.39, 0.29) is 11.8 Å². The number of rotatable bonds is 1. The summed E-state index contributed by atoms with van der Waals surface area (Å²) in [4.78, 5) is 11.5. The average molecular weight is 197 g/mol. The van der Waals surface area contributed by atoms with Gasteiger partial charge in [-0.15, -0.1) is 0 Å². The minimum absolute atomic E-state index is 0.249. The first kappa shape index (κ1) is 11.5. The monoisotopic (exact) mass is 197 g/mol. The molecule has 0 spiro atoms. The molecular formula is C12H23NO. The predicted molar refractivity (Wildman–Crippen MR) is 59.0 cm³/mol. The van der Waals surface area contributed by atoms with E-state index in [9.17, 15) is 4.79 Å². The van der Waals surface area contributed by atoms with E-state index in [1.54, 1.807) is 7.05 Å². The highest BCUT2D eigenvalue weighted by molar-refractivity contribution is 5.78. The van der Waals surface area contributed by atoms with Crippen LogP contribution in [0.2, 0.25) is 0 Å². The molecule has 1 unspecified atom stereocenters. The normalized spacial score (nSPS) is 29.9. The highest BCUT2D eigenvalue weighted by atomic mass is 16.1. The summed E-state index contributed by atoms with van der Waals surface area (Å²) in [5.74, 6) is 1.33. The maximum Gasteiger partial charge on any atom is 0.222 e. The van der Waals surface area contributed by atoms with Gasteiger partial charge in [0.25, 0.3) is 0 Å². The summed E-state index contributed by atoms with van der Waals surface area (Å²) in [6.07, 6.45) is 8.62. The van der Waals surface area contributed by atoms with Crippen LogP contribution in [0.4, 0.5) is 0 Å². The molecule has 0 aromatic rings. The van der Waals surface area contributed by atoms with Crippen molar-refractivity contribution in [1.29, 1.82) is 0 Å². The lowest BCUT2D eigenvalue weighted by Gasteiger charge is -2.15. The van der Waals surface area contributed by atoms with E-state index >= 15 is 0 Å². The summed E-state index contributed by atoms with van der Waals surface area (Å²) >= 11 is 0. The third-order valence-corrected chi connectivity index (χ3v) is 3.37. The first-order valence-corrected chi connectivity index (χ1v) is 5.95. The molecule has 0 aliphatic heterocycles. The molecule has 1 aliphatic rings. The van der Waals surface area contributed by atoms with Crippen LogP contribution in [-0.4, -0.2) is 13.0 Å². The smallest absolute Gasteiger partial charge is 0.222 e. The van der Waals surface area contributed by atoms with Crippen LogP contribution in [0.1, 0.15) is 51.9 Å². The zero-order chi connectivity index (χ0) is 10.4. The van der Waals surface area contributed by atoms with Gasteiger partial charge >= 0.3 is 0 Å². The Labute approximate surface area is 87.5 Å². The molecule has 14 heavy (non-hydrogen) atoms. The third-order valence-electron chi connectivity index (χ3n) is 3.37. The number of hydrogen-bond acceptors (Lipinski definition) is 1. The fourth-order valence-corrected chi connectivity index (χ4v) is 2.30. The van der Waals surface area contributed by atoms with Gasteiger partial charge in [-0.05, 0) is 25.2 Å². The summed E-state index contributed by atoms with van der Waals surface area (Å²) in [6, 6.07) is 0. The molecule has 0 heterocycles. The van der Waals surface area contributed by atoms with Crippen molar-refractivity contribution < 1.29 is 4.79 Å². The van der Waals surface area contributed by atoms with Crippen LogP contribution >= 0.6 is 0 Å². The van der Waals surface area contributed by atoms with Gasteiger partial charge in [0.15, 0.2) is 0 Å². The minimum Gasteiger partial charge on any atom is -0.359 e. The van der Waals surface area contributed by atoms with E-state index in [4.69, 9.17) is 0 Å². The Kier molecular flexibility index (Phi) is 4.99. The molecule has 0 bridgehead atoms. The van der Waals surface area contributed by atoms with Crippen LogP contribution in [0, 0.1) is 11.8 Å². The molecule has 0 saturated heterocycles. The molecule has 0 aromatic heterocycles. The molecule has 0 radical (unpaired) electrons. The summed E-state index contributed by atoms with van der Waals surface area (Å²) < 4.78 is 0. The molecule has 2 atom stereocenters. The molecule has 1 saturated carbocycles.